The summed E-state index contributed by atoms with van der Waals surface area (Å²) in [7, 11) is 0. The van der Waals surface area contributed by atoms with Crippen LogP contribution in [0.5, 0.6) is 5.75 Å². The summed E-state index contributed by atoms with van der Waals surface area (Å²) in [6.07, 6.45) is 1.48. The number of hydrogen-bond acceptors (Lipinski definition) is 4. The van der Waals surface area contributed by atoms with Gasteiger partial charge in [-0.25, -0.2) is 9.78 Å². The van der Waals surface area contributed by atoms with E-state index < -0.39 is 5.97 Å². The Bertz CT molecular complexity index is 629. The number of anilines is 1. The van der Waals surface area contributed by atoms with E-state index in [0.29, 0.717) is 5.75 Å². The lowest BCUT2D eigenvalue weighted by molar-refractivity contribution is -0.116. The Morgan fingerprint density at radius 1 is 1.19 bits per heavy atom. The lowest BCUT2D eigenvalue weighted by Gasteiger charge is -2.07. The molecule has 108 valence electrons. The Labute approximate surface area is 121 Å². The van der Waals surface area contributed by atoms with Crippen molar-refractivity contribution in [1.82, 2.24) is 4.98 Å². The molecule has 0 atom stereocenters. The van der Waals surface area contributed by atoms with Crippen LogP contribution in [-0.4, -0.2) is 28.6 Å². The standard InChI is InChI=1S/C15H14N2O4/c18-14(7-9-21-12-4-2-1-3-5-12)17-13-10-11(15(19)20)6-8-16-13/h1-6,8,10H,7,9H2,(H,19,20)(H,16,17,18). The van der Waals surface area contributed by atoms with Crippen LogP contribution >= 0.6 is 0 Å². The van der Waals surface area contributed by atoms with Gasteiger partial charge in [-0.05, 0) is 24.3 Å². The van der Waals surface area contributed by atoms with Crippen LogP contribution < -0.4 is 10.1 Å². The predicted molar refractivity (Wildman–Crippen MR) is 76.4 cm³/mol. The van der Waals surface area contributed by atoms with Crippen LogP contribution in [0.15, 0.2) is 48.7 Å². The highest BCUT2D eigenvalue weighted by Crippen LogP contribution is 2.09. The van der Waals surface area contributed by atoms with Crippen LogP contribution in [-0.2, 0) is 4.79 Å². The second-order valence-electron chi connectivity index (χ2n) is 4.19. The van der Waals surface area contributed by atoms with Crippen molar-refractivity contribution in [1.29, 1.82) is 0 Å². The van der Waals surface area contributed by atoms with Crippen LogP contribution in [0.4, 0.5) is 5.82 Å². The number of rotatable bonds is 6. The smallest absolute Gasteiger partial charge is 0.335 e. The van der Waals surface area contributed by atoms with E-state index in [1.807, 2.05) is 18.2 Å². The Morgan fingerprint density at radius 2 is 1.95 bits per heavy atom. The summed E-state index contributed by atoms with van der Waals surface area (Å²) in [5, 5.41) is 11.4. The maximum atomic E-state index is 11.7. The molecular weight excluding hydrogens is 272 g/mol. The summed E-state index contributed by atoms with van der Waals surface area (Å²) in [5.74, 6) is -0.461. The van der Waals surface area contributed by atoms with Crippen molar-refractivity contribution < 1.29 is 19.4 Å². The molecule has 1 aromatic heterocycles. The molecule has 2 N–H and O–H groups in total. The Balaban J connectivity index is 1.82. The predicted octanol–water partition coefficient (Wildman–Crippen LogP) is 2.19. The van der Waals surface area contributed by atoms with Crippen molar-refractivity contribution in [3.63, 3.8) is 0 Å². The number of ether oxygens (including phenoxy) is 1. The van der Waals surface area contributed by atoms with Gasteiger partial charge in [0.05, 0.1) is 18.6 Å². The van der Waals surface area contributed by atoms with E-state index in [1.165, 1.54) is 18.3 Å². The number of carboxylic acid groups (broad SMARTS) is 1. The molecule has 0 aliphatic heterocycles. The molecule has 0 radical (unpaired) electrons. The number of carbonyl (C=O) groups is 2. The van der Waals surface area contributed by atoms with Crippen LogP contribution in [0.2, 0.25) is 0 Å². The topological polar surface area (TPSA) is 88.5 Å². The van der Waals surface area contributed by atoms with Gasteiger partial charge in [0.1, 0.15) is 11.6 Å². The molecule has 2 rings (SSSR count). The first-order valence-corrected chi connectivity index (χ1v) is 6.32. The van der Waals surface area contributed by atoms with Crippen LogP contribution in [0, 0.1) is 0 Å². The monoisotopic (exact) mass is 286 g/mol. The average molecular weight is 286 g/mol. The highest BCUT2D eigenvalue weighted by molar-refractivity contribution is 5.92. The van der Waals surface area contributed by atoms with Crippen molar-refractivity contribution in [2.24, 2.45) is 0 Å². The summed E-state index contributed by atoms with van der Waals surface area (Å²) in [6, 6.07) is 11.8. The van der Waals surface area contributed by atoms with Gasteiger partial charge in [-0.2, -0.15) is 0 Å². The normalized spacial score (nSPS) is 9.90. The van der Waals surface area contributed by atoms with Crippen LogP contribution in [0.3, 0.4) is 0 Å². The molecule has 0 saturated carbocycles. The number of aromatic carboxylic acids is 1. The first-order valence-electron chi connectivity index (χ1n) is 6.32. The van der Waals surface area contributed by atoms with Gasteiger partial charge in [0.25, 0.3) is 0 Å². The molecular formula is C15H14N2O4. The van der Waals surface area contributed by atoms with E-state index >= 15 is 0 Å². The number of aromatic nitrogens is 1. The molecule has 2 aromatic rings. The highest BCUT2D eigenvalue weighted by Gasteiger charge is 2.07. The van der Waals surface area contributed by atoms with Gasteiger partial charge in [-0.1, -0.05) is 18.2 Å². The molecule has 0 spiro atoms. The van der Waals surface area contributed by atoms with E-state index in [4.69, 9.17) is 9.84 Å². The molecule has 1 heterocycles. The SMILES string of the molecule is O=C(CCOc1ccccc1)Nc1cc(C(=O)O)ccn1. The zero-order valence-corrected chi connectivity index (χ0v) is 11.2. The number of carbonyl (C=O) groups excluding carboxylic acids is 1. The lowest BCUT2D eigenvalue weighted by atomic mass is 10.2. The largest absolute Gasteiger partial charge is 0.493 e. The second-order valence-corrected chi connectivity index (χ2v) is 4.19. The van der Waals surface area contributed by atoms with Gasteiger partial charge in [0.2, 0.25) is 5.91 Å². The zero-order chi connectivity index (χ0) is 15.1. The summed E-state index contributed by atoms with van der Waals surface area (Å²) < 4.78 is 5.40. The molecule has 1 aromatic carbocycles. The number of benzene rings is 1. The fourth-order valence-electron chi connectivity index (χ4n) is 1.62. The van der Waals surface area contributed by atoms with E-state index in [-0.39, 0.29) is 30.3 Å². The molecule has 21 heavy (non-hydrogen) atoms. The average Bonchev–Trinajstić information content (AvgIpc) is 2.48. The third kappa shape index (κ3) is 4.61. The number of carboxylic acids is 1. The maximum Gasteiger partial charge on any atom is 0.335 e. The summed E-state index contributed by atoms with van der Waals surface area (Å²) in [5.41, 5.74) is 0.0702. The van der Waals surface area contributed by atoms with Gasteiger partial charge in [0.15, 0.2) is 0 Å². The van der Waals surface area contributed by atoms with E-state index in [0.717, 1.165) is 0 Å². The quantitative estimate of drug-likeness (QED) is 0.849. The van der Waals surface area contributed by atoms with Crippen molar-refractivity contribution in [2.75, 3.05) is 11.9 Å². The third-order valence-corrected chi connectivity index (χ3v) is 2.62. The number of para-hydroxylation sites is 1. The molecule has 0 unspecified atom stereocenters. The van der Waals surface area contributed by atoms with E-state index in [1.54, 1.807) is 12.1 Å². The van der Waals surface area contributed by atoms with Gasteiger partial charge in [-0.3, -0.25) is 4.79 Å². The lowest BCUT2D eigenvalue weighted by Crippen LogP contribution is -2.16. The molecule has 6 nitrogen and oxygen atoms in total. The Hall–Kier alpha value is -2.89. The maximum absolute atomic E-state index is 11.7. The number of nitrogens with zero attached hydrogens (tertiary/aromatic N) is 1. The molecule has 0 saturated heterocycles. The van der Waals surface area contributed by atoms with Crippen LogP contribution in [0.25, 0.3) is 0 Å². The van der Waals surface area contributed by atoms with Crippen LogP contribution in [0.1, 0.15) is 16.8 Å². The molecule has 0 aliphatic carbocycles. The first-order chi connectivity index (χ1) is 10.1. The first kappa shape index (κ1) is 14.5. The molecule has 6 heteroatoms. The molecule has 0 fully saturated rings. The van der Waals surface area contributed by atoms with Crippen molar-refractivity contribution in [3.05, 3.63) is 54.2 Å². The van der Waals surface area contributed by atoms with Gasteiger partial charge < -0.3 is 15.2 Å². The van der Waals surface area contributed by atoms with Crippen molar-refractivity contribution in [3.8, 4) is 5.75 Å². The van der Waals surface area contributed by atoms with Crippen molar-refractivity contribution >= 4 is 17.7 Å². The number of amides is 1. The Kier molecular flexibility index (Phi) is 4.87. The summed E-state index contributed by atoms with van der Waals surface area (Å²) in [4.78, 5) is 26.4. The third-order valence-electron chi connectivity index (χ3n) is 2.62. The number of pyridine rings is 1. The fraction of sp³-hybridized carbons (Fsp3) is 0.133. The summed E-state index contributed by atoms with van der Waals surface area (Å²) >= 11 is 0. The molecule has 0 aliphatic rings. The number of hydrogen-bond donors (Lipinski definition) is 2. The van der Waals surface area contributed by atoms with Crippen molar-refractivity contribution in [2.45, 2.75) is 6.42 Å². The fourth-order valence-corrected chi connectivity index (χ4v) is 1.62. The Morgan fingerprint density at radius 3 is 2.67 bits per heavy atom. The van der Waals surface area contributed by atoms with E-state index in [9.17, 15) is 9.59 Å². The minimum Gasteiger partial charge on any atom is -0.493 e. The van der Waals surface area contributed by atoms with E-state index in [2.05, 4.69) is 10.3 Å². The molecule has 0 bridgehead atoms. The van der Waals surface area contributed by atoms with Gasteiger partial charge in [-0.15, -0.1) is 0 Å². The highest BCUT2D eigenvalue weighted by atomic mass is 16.5. The second kappa shape index (κ2) is 7.04. The summed E-state index contributed by atoms with van der Waals surface area (Å²) in [6.45, 7) is 0.231. The zero-order valence-electron chi connectivity index (χ0n) is 11.2. The minimum absolute atomic E-state index is 0.0702. The number of nitrogens with one attached hydrogen (secondary N) is 1. The molecule has 1 amide bonds. The minimum atomic E-state index is -1.07. The van der Waals surface area contributed by atoms with Gasteiger partial charge in [0, 0.05) is 6.20 Å². The van der Waals surface area contributed by atoms with Gasteiger partial charge >= 0.3 is 5.97 Å².